The fraction of sp³-hybridized carbons (Fsp3) is 0.481. The second-order valence-corrected chi connectivity index (χ2v) is 23.1. The summed E-state index contributed by atoms with van der Waals surface area (Å²) in [7, 11) is -2.61. The Bertz CT molecular complexity index is 3090. The van der Waals surface area contributed by atoms with Gasteiger partial charge in [-0.15, -0.1) is 0 Å². The molecule has 0 radical (unpaired) electrons. The third-order valence-corrected chi connectivity index (χ3v) is 18.1. The number of carbonyl (C=O) groups excluding carboxylic acids is 1. The van der Waals surface area contributed by atoms with Crippen molar-refractivity contribution in [2.75, 3.05) is 94.3 Å². The van der Waals surface area contributed by atoms with Crippen molar-refractivity contribution >= 4 is 61.0 Å². The van der Waals surface area contributed by atoms with Crippen LogP contribution in [0.1, 0.15) is 79.4 Å². The summed E-state index contributed by atoms with van der Waals surface area (Å²) in [5.74, 6) is -0.481. The first-order valence-electron chi connectivity index (χ1n) is 25.9. The number of likely N-dealkylation sites (tertiary alicyclic amines) is 1. The molecule has 5 aromatic rings. The molecule has 384 valence electrons. The Kier molecular flexibility index (Phi) is 12.4. The Hall–Kier alpha value is -6.25. The lowest BCUT2D eigenvalue weighted by Crippen LogP contribution is -2.55. The first-order chi connectivity index (χ1) is 35.3. The van der Waals surface area contributed by atoms with Gasteiger partial charge in [0.1, 0.15) is 24.0 Å². The number of likely N-dealkylation sites (N-methyl/N-ethyl adjacent to an activating group) is 1. The molecule has 2 aromatic heterocycles. The molecule has 19 heteroatoms. The van der Waals surface area contributed by atoms with Crippen LogP contribution >= 0.6 is 0 Å². The van der Waals surface area contributed by atoms with Crippen LogP contribution in [0.25, 0.3) is 16.6 Å². The molecule has 3 aromatic carbocycles. The van der Waals surface area contributed by atoms with E-state index in [1.165, 1.54) is 42.9 Å². The highest BCUT2D eigenvalue weighted by molar-refractivity contribution is 7.90. The molecular formula is C54H64N10O8S. The molecule has 4 saturated heterocycles. The van der Waals surface area contributed by atoms with E-state index >= 15 is 0 Å². The summed E-state index contributed by atoms with van der Waals surface area (Å²) in [5, 5.41) is 16.7. The molecule has 3 N–H and O–H groups in total. The average molecular weight is 1010 g/mol. The number of ether oxygens (including phenoxy) is 3. The number of nitro groups is 1. The number of nitro benzene ring substituents is 1. The molecule has 6 aliphatic heterocycles. The Morgan fingerprint density at radius 2 is 1.77 bits per heavy atom. The van der Waals surface area contributed by atoms with Crippen molar-refractivity contribution in [2.45, 2.75) is 87.0 Å². The van der Waals surface area contributed by atoms with E-state index in [1.54, 1.807) is 6.07 Å². The fourth-order valence-corrected chi connectivity index (χ4v) is 13.9. The number of pyridine rings is 1. The van der Waals surface area contributed by atoms with Crippen LogP contribution in [0.15, 0.2) is 84.4 Å². The minimum absolute atomic E-state index is 0.0334. The highest BCUT2D eigenvalue weighted by atomic mass is 32.2. The molecule has 18 nitrogen and oxygen atoms in total. The number of piperidine rings is 1. The number of sulfonamides is 1. The van der Waals surface area contributed by atoms with Gasteiger partial charge in [0, 0.05) is 93.9 Å². The van der Waals surface area contributed by atoms with E-state index in [-0.39, 0.29) is 41.1 Å². The van der Waals surface area contributed by atoms with E-state index in [2.05, 4.69) is 84.3 Å². The molecule has 73 heavy (non-hydrogen) atoms. The minimum Gasteiger partial charge on any atom is -0.489 e. The molecule has 0 bridgehead atoms. The van der Waals surface area contributed by atoms with Crippen molar-refractivity contribution in [2.24, 2.45) is 5.41 Å². The quantitative estimate of drug-likeness (QED) is 0.0881. The summed E-state index contributed by atoms with van der Waals surface area (Å²) in [4.78, 5) is 46.1. The molecule has 1 amide bonds. The largest absolute Gasteiger partial charge is 0.489 e. The Morgan fingerprint density at radius 3 is 2.56 bits per heavy atom. The third-order valence-electron chi connectivity index (χ3n) is 16.8. The van der Waals surface area contributed by atoms with Crippen LogP contribution in [-0.2, 0) is 14.8 Å². The summed E-state index contributed by atoms with van der Waals surface area (Å²) in [6, 6.07) is 21.0. The number of hydrogen-bond acceptors (Lipinski definition) is 15. The van der Waals surface area contributed by atoms with Crippen molar-refractivity contribution in [3.05, 3.63) is 106 Å². The van der Waals surface area contributed by atoms with E-state index < -0.39 is 37.5 Å². The van der Waals surface area contributed by atoms with Crippen molar-refractivity contribution in [1.82, 2.24) is 29.4 Å². The number of nitrogens with one attached hydrogen (secondary N) is 3. The number of nitrogens with zero attached hydrogens (tertiary/aromatic N) is 7. The number of rotatable bonds is 11. The van der Waals surface area contributed by atoms with Crippen LogP contribution < -0.4 is 29.3 Å². The van der Waals surface area contributed by atoms with Gasteiger partial charge >= 0.3 is 0 Å². The molecule has 0 unspecified atom stereocenters. The molecule has 1 spiro atoms. The lowest BCUT2D eigenvalue weighted by Gasteiger charge is -2.56. The topological polar surface area (TPSA) is 191 Å². The van der Waals surface area contributed by atoms with E-state index in [0.29, 0.717) is 61.2 Å². The van der Waals surface area contributed by atoms with Gasteiger partial charge in [0.2, 0.25) is 5.88 Å². The van der Waals surface area contributed by atoms with Gasteiger partial charge in [0.05, 0.1) is 39.8 Å². The monoisotopic (exact) mass is 1010 g/mol. The van der Waals surface area contributed by atoms with Gasteiger partial charge in [-0.05, 0) is 112 Å². The van der Waals surface area contributed by atoms with Crippen LogP contribution in [0.3, 0.4) is 0 Å². The number of H-pyrrole nitrogens is 1. The zero-order chi connectivity index (χ0) is 50.2. The number of aromatic amines is 1. The molecular weight excluding hydrogens is 949 g/mol. The van der Waals surface area contributed by atoms with E-state index in [0.717, 1.165) is 81.4 Å². The predicted molar refractivity (Wildman–Crippen MR) is 280 cm³/mol. The van der Waals surface area contributed by atoms with Gasteiger partial charge in [-0.25, -0.2) is 13.1 Å². The molecule has 7 aliphatic rings. The molecule has 5 fully saturated rings. The number of piperazine rings is 1. The molecule has 1 aliphatic carbocycles. The van der Waals surface area contributed by atoms with Crippen LogP contribution in [-0.4, -0.2) is 147 Å². The maximum atomic E-state index is 14.8. The summed E-state index contributed by atoms with van der Waals surface area (Å²) < 4.78 is 49.6. The second kappa shape index (κ2) is 18.9. The molecule has 8 heterocycles. The normalized spacial score (nSPS) is 24.4. The van der Waals surface area contributed by atoms with Gasteiger partial charge < -0.3 is 39.2 Å². The number of benzene rings is 3. The van der Waals surface area contributed by atoms with Gasteiger partial charge in [-0.1, -0.05) is 36.4 Å². The summed E-state index contributed by atoms with van der Waals surface area (Å²) in [5.41, 5.74) is 6.53. The zero-order valence-corrected chi connectivity index (χ0v) is 42.4. The maximum absolute atomic E-state index is 14.8. The van der Waals surface area contributed by atoms with Crippen LogP contribution in [0, 0.1) is 15.5 Å². The van der Waals surface area contributed by atoms with Crippen molar-refractivity contribution in [3.63, 3.8) is 0 Å². The van der Waals surface area contributed by atoms with E-state index in [9.17, 15) is 23.3 Å². The number of fused-ring (bicyclic) bond motifs is 4. The predicted octanol–water partition coefficient (Wildman–Crippen LogP) is 7.32. The molecule has 12 rings (SSSR count). The maximum Gasteiger partial charge on any atom is 0.297 e. The highest BCUT2D eigenvalue weighted by Gasteiger charge is 2.50. The van der Waals surface area contributed by atoms with Crippen LogP contribution in [0.5, 0.6) is 11.6 Å². The number of carbonyl (C=O) groups is 1. The van der Waals surface area contributed by atoms with Crippen LogP contribution in [0.4, 0.5) is 28.4 Å². The SMILES string of the molecule is C=C(C)c1ccccc1[C@@H]1CCCN1C1CC2(CCN(c3ccc(C(=O)NS(=O)(=O)c4cc5c(c([N+](=O)[O-])c4)N[C@H](CN4CCN(C)CC4)CO5)c(N4c5cc6cc[nH]c6nc5O[C@H]5COCC[C@@H]54)c3)CC2)C1. The molecule has 1 saturated carbocycles. The van der Waals surface area contributed by atoms with E-state index in [4.69, 9.17) is 19.2 Å². The second-order valence-electron chi connectivity index (χ2n) is 21.5. The smallest absolute Gasteiger partial charge is 0.297 e. The van der Waals surface area contributed by atoms with Gasteiger partial charge in [0.15, 0.2) is 11.4 Å². The number of anilines is 4. The number of hydrogen-bond donors (Lipinski definition) is 3. The third kappa shape index (κ3) is 8.95. The Balaban J connectivity index is 0.826. The van der Waals surface area contributed by atoms with Gasteiger partial charge in [-0.2, -0.15) is 4.98 Å². The standard InChI is InChI=1S/C54H64N10O8S/c1-34(2)40-7-4-5-8-41(40)43-9-6-17-62(43)38-29-54(30-38)14-18-61(19-15-54)37-10-11-42(45(26-37)63-44-13-24-70-33-49(44)72-53-47(63)25-35-12-16-55-51(35)57-53)52(65)58-73(68,69)39-27-46(64(66)67)50-48(28-39)71-32-36(56-50)31-60-22-20-59(3)21-23-60/h4-5,7-8,10-12,16,25-28,36,38,43-44,49,56H,1,6,9,13-15,17-24,29-33H2,2-3H3,(H,55,57)(H,58,65)/t36-,43+,44+,49+/m1/s1. The Labute approximate surface area is 425 Å². The zero-order valence-electron chi connectivity index (χ0n) is 41.6. The number of allylic oxidation sites excluding steroid dienone is 1. The van der Waals surface area contributed by atoms with Crippen molar-refractivity contribution in [1.29, 1.82) is 0 Å². The van der Waals surface area contributed by atoms with Crippen molar-refractivity contribution in [3.8, 4) is 11.6 Å². The lowest BCUT2D eigenvalue weighted by atomic mass is 9.59. The average Bonchev–Trinajstić information content (AvgIpc) is 4.07. The highest BCUT2D eigenvalue weighted by Crippen LogP contribution is 2.55. The summed E-state index contributed by atoms with van der Waals surface area (Å²) in [6.07, 6.45) is 8.76. The lowest BCUT2D eigenvalue weighted by molar-refractivity contribution is -0.384. The Morgan fingerprint density at radius 1 is 0.959 bits per heavy atom. The fourth-order valence-electron chi connectivity index (χ4n) is 12.9. The summed E-state index contributed by atoms with van der Waals surface area (Å²) >= 11 is 0. The van der Waals surface area contributed by atoms with Gasteiger partial charge in [0.25, 0.3) is 21.6 Å². The molecule has 4 atom stereocenters. The first kappa shape index (κ1) is 47.7. The van der Waals surface area contributed by atoms with E-state index in [1.807, 2.05) is 30.5 Å². The number of amides is 1. The minimum atomic E-state index is -4.69. The van der Waals surface area contributed by atoms with Crippen LogP contribution in [0.2, 0.25) is 0 Å². The summed E-state index contributed by atoms with van der Waals surface area (Å²) in [6.45, 7) is 14.3. The van der Waals surface area contributed by atoms with Gasteiger partial charge in [-0.3, -0.25) is 24.7 Å². The number of aromatic nitrogens is 2. The first-order valence-corrected chi connectivity index (χ1v) is 27.4. The van der Waals surface area contributed by atoms with Crippen molar-refractivity contribution < 1.29 is 32.3 Å².